The number of hydrogen-bond donors (Lipinski definition) is 2. The van der Waals surface area contributed by atoms with Crippen molar-refractivity contribution in [3.63, 3.8) is 0 Å². The van der Waals surface area contributed by atoms with Gasteiger partial charge in [-0.25, -0.2) is 0 Å². The number of aliphatic hydroxyl groups excluding tert-OH is 1. The molecular weight excluding hydrogens is 230 g/mol. The minimum Gasteiger partial charge on any atom is -0.389 e. The van der Waals surface area contributed by atoms with Crippen LogP contribution in [0.1, 0.15) is 26.2 Å². The van der Waals surface area contributed by atoms with E-state index in [9.17, 15) is 5.11 Å². The number of nitrogens with one attached hydrogen (secondary N) is 1. The van der Waals surface area contributed by atoms with Gasteiger partial charge in [-0.05, 0) is 38.6 Å². The minimum absolute atomic E-state index is 0.380. The zero-order chi connectivity index (χ0) is 13.1. The Morgan fingerprint density at radius 2 is 2.17 bits per heavy atom. The molecule has 0 aliphatic heterocycles. The highest BCUT2D eigenvalue weighted by Gasteiger charge is 2.10. The largest absolute Gasteiger partial charge is 0.389 e. The molecule has 0 bridgehead atoms. The molecule has 106 valence electrons. The Kier molecular flexibility index (Phi) is 9.12. The fourth-order valence-corrected chi connectivity index (χ4v) is 2.04. The predicted octanol–water partition coefficient (Wildman–Crippen LogP) is 1.35. The van der Waals surface area contributed by atoms with E-state index in [0.717, 1.165) is 18.9 Å². The van der Waals surface area contributed by atoms with Crippen LogP contribution in [0.2, 0.25) is 0 Å². The van der Waals surface area contributed by atoms with E-state index in [2.05, 4.69) is 17.5 Å². The molecule has 2 N–H and O–H groups in total. The van der Waals surface area contributed by atoms with Crippen molar-refractivity contribution in [2.45, 2.75) is 32.3 Å². The third kappa shape index (κ3) is 7.82. The average molecular weight is 257 g/mol. The van der Waals surface area contributed by atoms with Crippen LogP contribution in [0.5, 0.6) is 0 Å². The van der Waals surface area contributed by atoms with E-state index < -0.39 is 6.10 Å². The Hall–Kier alpha value is -0.420. The molecule has 4 heteroatoms. The van der Waals surface area contributed by atoms with E-state index >= 15 is 0 Å². The van der Waals surface area contributed by atoms with Gasteiger partial charge in [0.15, 0.2) is 0 Å². The lowest BCUT2D eigenvalue weighted by atomic mass is 9.94. The van der Waals surface area contributed by atoms with Gasteiger partial charge in [0.05, 0.1) is 25.9 Å². The molecule has 0 amide bonds. The molecule has 1 rings (SSSR count). The van der Waals surface area contributed by atoms with Crippen molar-refractivity contribution in [1.82, 2.24) is 5.32 Å². The summed E-state index contributed by atoms with van der Waals surface area (Å²) >= 11 is 0. The monoisotopic (exact) mass is 257 g/mol. The third-order valence-corrected chi connectivity index (χ3v) is 3.08. The molecule has 18 heavy (non-hydrogen) atoms. The topological polar surface area (TPSA) is 50.7 Å². The number of ether oxygens (including phenoxy) is 2. The first-order valence-electron chi connectivity index (χ1n) is 7.02. The molecule has 2 atom stereocenters. The van der Waals surface area contributed by atoms with Gasteiger partial charge in [-0.3, -0.25) is 0 Å². The van der Waals surface area contributed by atoms with Crippen molar-refractivity contribution in [2.75, 3.05) is 39.5 Å². The molecule has 0 radical (unpaired) electrons. The van der Waals surface area contributed by atoms with Gasteiger partial charge in [0.1, 0.15) is 0 Å². The molecule has 0 heterocycles. The third-order valence-electron chi connectivity index (χ3n) is 3.08. The summed E-state index contributed by atoms with van der Waals surface area (Å²) in [5.41, 5.74) is 0. The molecule has 0 aromatic heterocycles. The maximum absolute atomic E-state index is 9.69. The molecule has 1 aliphatic carbocycles. The van der Waals surface area contributed by atoms with Crippen LogP contribution in [-0.2, 0) is 9.47 Å². The fourth-order valence-electron chi connectivity index (χ4n) is 2.04. The first kappa shape index (κ1) is 15.6. The van der Waals surface area contributed by atoms with Crippen LogP contribution in [0, 0.1) is 5.92 Å². The summed E-state index contributed by atoms with van der Waals surface area (Å²) in [7, 11) is 0. The van der Waals surface area contributed by atoms with Crippen molar-refractivity contribution in [3.8, 4) is 0 Å². The van der Waals surface area contributed by atoms with Gasteiger partial charge in [0.2, 0.25) is 0 Å². The number of allylic oxidation sites excluding steroid dienone is 2. The quantitative estimate of drug-likeness (QED) is 0.458. The summed E-state index contributed by atoms with van der Waals surface area (Å²) in [6.45, 7) is 5.80. The maximum Gasteiger partial charge on any atom is 0.0897 e. The molecule has 0 spiro atoms. The Labute approximate surface area is 110 Å². The standard InChI is InChI=1S/C14H27NO3/c1-2-17-8-9-18-12-14(16)11-15-10-13-6-4-3-5-7-13/h3-4,13-16H,2,5-12H2,1H3. The zero-order valence-corrected chi connectivity index (χ0v) is 11.4. The summed E-state index contributed by atoms with van der Waals surface area (Å²) in [6, 6.07) is 0. The van der Waals surface area contributed by atoms with Crippen molar-refractivity contribution in [1.29, 1.82) is 0 Å². The van der Waals surface area contributed by atoms with Crippen molar-refractivity contribution in [2.24, 2.45) is 5.92 Å². The highest BCUT2D eigenvalue weighted by molar-refractivity contribution is 4.90. The second-order valence-electron chi connectivity index (χ2n) is 4.73. The lowest BCUT2D eigenvalue weighted by molar-refractivity contribution is 0.00629. The number of aliphatic hydroxyl groups is 1. The molecule has 1 aliphatic rings. The summed E-state index contributed by atoms with van der Waals surface area (Å²) < 4.78 is 10.5. The Morgan fingerprint density at radius 1 is 1.33 bits per heavy atom. The van der Waals surface area contributed by atoms with Gasteiger partial charge in [-0.2, -0.15) is 0 Å². The van der Waals surface area contributed by atoms with E-state index in [1.54, 1.807) is 0 Å². The summed E-state index contributed by atoms with van der Waals surface area (Å²) in [6.07, 6.45) is 7.68. The van der Waals surface area contributed by atoms with Crippen LogP contribution in [0.3, 0.4) is 0 Å². The van der Waals surface area contributed by atoms with E-state index in [4.69, 9.17) is 9.47 Å². The molecular formula is C14H27NO3. The first-order chi connectivity index (χ1) is 8.83. The second-order valence-corrected chi connectivity index (χ2v) is 4.73. The maximum atomic E-state index is 9.69. The normalized spacial score (nSPS) is 21.1. The Bertz CT molecular complexity index is 221. The first-order valence-corrected chi connectivity index (χ1v) is 7.02. The van der Waals surface area contributed by atoms with Gasteiger partial charge in [-0.1, -0.05) is 12.2 Å². The van der Waals surface area contributed by atoms with E-state index in [1.165, 1.54) is 12.8 Å². The van der Waals surface area contributed by atoms with Gasteiger partial charge in [-0.15, -0.1) is 0 Å². The second kappa shape index (κ2) is 10.5. The lowest BCUT2D eigenvalue weighted by Gasteiger charge is -2.19. The van der Waals surface area contributed by atoms with Crippen LogP contribution < -0.4 is 5.32 Å². The summed E-state index contributed by atoms with van der Waals surface area (Å²) in [5, 5.41) is 13.0. The minimum atomic E-state index is -0.425. The predicted molar refractivity (Wildman–Crippen MR) is 72.7 cm³/mol. The van der Waals surface area contributed by atoms with Crippen LogP contribution in [0.15, 0.2) is 12.2 Å². The van der Waals surface area contributed by atoms with Crippen molar-refractivity contribution < 1.29 is 14.6 Å². The van der Waals surface area contributed by atoms with E-state index in [-0.39, 0.29) is 0 Å². The fraction of sp³-hybridized carbons (Fsp3) is 0.857. The summed E-state index contributed by atoms with van der Waals surface area (Å²) in [5.74, 6) is 0.723. The van der Waals surface area contributed by atoms with Crippen LogP contribution in [0.4, 0.5) is 0 Å². The van der Waals surface area contributed by atoms with Crippen LogP contribution in [-0.4, -0.2) is 50.7 Å². The molecule has 0 fully saturated rings. The molecule has 0 saturated heterocycles. The van der Waals surface area contributed by atoms with Gasteiger partial charge >= 0.3 is 0 Å². The highest BCUT2D eigenvalue weighted by Crippen LogP contribution is 2.16. The molecule has 0 aromatic rings. The van der Waals surface area contributed by atoms with E-state index in [1.807, 2.05) is 6.92 Å². The SMILES string of the molecule is CCOCCOCC(O)CNCC1CC=CCC1. The van der Waals surface area contributed by atoms with E-state index in [0.29, 0.717) is 33.0 Å². The number of hydrogen-bond acceptors (Lipinski definition) is 4. The molecule has 0 aromatic carbocycles. The smallest absolute Gasteiger partial charge is 0.0897 e. The van der Waals surface area contributed by atoms with Crippen molar-refractivity contribution >= 4 is 0 Å². The van der Waals surface area contributed by atoms with Crippen LogP contribution >= 0.6 is 0 Å². The highest BCUT2D eigenvalue weighted by atomic mass is 16.5. The summed E-state index contributed by atoms with van der Waals surface area (Å²) in [4.78, 5) is 0. The van der Waals surface area contributed by atoms with Crippen molar-refractivity contribution in [3.05, 3.63) is 12.2 Å². The molecule has 2 unspecified atom stereocenters. The molecule has 4 nitrogen and oxygen atoms in total. The van der Waals surface area contributed by atoms with Crippen LogP contribution in [0.25, 0.3) is 0 Å². The molecule has 0 saturated carbocycles. The Balaban J connectivity index is 1.89. The van der Waals surface area contributed by atoms with Gasteiger partial charge in [0, 0.05) is 13.2 Å². The average Bonchev–Trinajstić information content (AvgIpc) is 2.40. The Morgan fingerprint density at radius 3 is 2.89 bits per heavy atom. The van der Waals surface area contributed by atoms with Gasteiger partial charge < -0.3 is 19.9 Å². The zero-order valence-electron chi connectivity index (χ0n) is 11.4. The van der Waals surface area contributed by atoms with Gasteiger partial charge in [0.25, 0.3) is 0 Å². The lowest BCUT2D eigenvalue weighted by Crippen LogP contribution is -2.34. The number of rotatable bonds is 10.